The van der Waals surface area contributed by atoms with E-state index in [0.717, 1.165) is 32.3 Å². The van der Waals surface area contributed by atoms with Crippen molar-refractivity contribution in [3.05, 3.63) is 0 Å². The number of hydrogen-bond acceptors (Lipinski definition) is 2. The summed E-state index contributed by atoms with van der Waals surface area (Å²) in [6, 6.07) is 0. The number of aliphatic hydroxyl groups is 1. The number of hydrogen-bond donors (Lipinski definition) is 1. The smallest absolute Gasteiger partial charge is 0.0686 e. The summed E-state index contributed by atoms with van der Waals surface area (Å²) >= 11 is 0. The van der Waals surface area contributed by atoms with Gasteiger partial charge in [0.25, 0.3) is 0 Å². The molecule has 1 aliphatic carbocycles. The molecule has 15 heavy (non-hydrogen) atoms. The molecule has 0 aromatic carbocycles. The Balaban J connectivity index is 1.91. The molecule has 1 heterocycles. The zero-order valence-electron chi connectivity index (χ0n) is 9.87. The van der Waals surface area contributed by atoms with Crippen molar-refractivity contribution in [2.24, 2.45) is 5.92 Å². The van der Waals surface area contributed by atoms with Crippen LogP contribution in [0.4, 0.5) is 0 Å². The van der Waals surface area contributed by atoms with Crippen molar-refractivity contribution >= 4 is 0 Å². The van der Waals surface area contributed by atoms with Gasteiger partial charge < -0.3 is 9.84 Å². The fraction of sp³-hybridized carbons (Fsp3) is 1.00. The number of aliphatic hydroxyl groups excluding tert-OH is 1. The zero-order chi connectivity index (χ0) is 10.7. The third kappa shape index (κ3) is 2.54. The Bertz CT molecular complexity index is 197. The Labute approximate surface area is 93.0 Å². The van der Waals surface area contributed by atoms with Crippen LogP contribution in [0.3, 0.4) is 0 Å². The molecule has 0 bridgehead atoms. The van der Waals surface area contributed by atoms with Crippen LogP contribution in [-0.2, 0) is 4.74 Å². The summed E-state index contributed by atoms with van der Waals surface area (Å²) < 4.78 is 5.97. The molecule has 2 atom stereocenters. The lowest BCUT2D eigenvalue weighted by Gasteiger charge is -2.40. The summed E-state index contributed by atoms with van der Waals surface area (Å²) in [5.74, 6) is 0.497. The van der Waals surface area contributed by atoms with Crippen LogP contribution in [0.5, 0.6) is 0 Å². The zero-order valence-corrected chi connectivity index (χ0v) is 9.87. The first-order valence-corrected chi connectivity index (χ1v) is 6.58. The molecule has 1 spiro atoms. The lowest BCUT2D eigenvalue weighted by molar-refractivity contribution is -0.113. The maximum absolute atomic E-state index is 10.1. The summed E-state index contributed by atoms with van der Waals surface area (Å²) in [4.78, 5) is 0. The highest BCUT2D eigenvalue weighted by Gasteiger charge is 2.41. The minimum Gasteiger partial charge on any atom is -0.393 e. The maximum Gasteiger partial charge on any atom is 0.0686 e. The molecule has 1 saturated carbocycles. The van der Waals surface area contributed by atoms with E-state index < -0.39 is 0 Å². The van der Waals surface area contributed by atoms with Crippen LogP contribution in [0.1, 0.15) is 58.3 Å². The summed E-state index contributed by atoms with van der Waals surface area (Å²) in [6.07, 6.45) is 9.21. The fourth-order valence-electron chi connectivity index (χ4n) is 3.29. The van der Waals surface area contributed by atoms with Crippen LogP contribution in [0.15, 0.2) is 0 Å². The van der Waals surface area contributed by atoms with E-state index in [9.17, 15) is 5.11 Å². The molecule has 0 amide bonds. The van der Waals surface area contributed by atoms with Crippen LogP contribution in [0.25, 0.3) is 0 Å². The van der Waals surface area contributed by atoms with Gasteiger partial charge in [-0.25, -0.2) is 0 Å². The molecular weight excluding hydrogens is 188 g/mol. The van der Waals surface area contributed by atoms with E-state index in [1.165, 1.54) is 25.7 Å². The average Bonchev–Trinajstić information content (AvgIpc) is 2.67. The molecule has 0 aromatic heterocycles. The van der Waals surface area contributed by atoms with E-state index in [0.29, 0.717) is 5.92 Å². The first-order valence-electron chi connectivity index (χ1n) is 6.58. The topological polar surface area (TPSA) is 29.5 Å². The Kier molecular flexibility index (Phi) is 3.68. The second-order valence-electron chi connectivity index (χ2n) is 5.35. The average molecular weight is 212 g/mol. The lowest BCUT2D eigenvalue weighted by Crippen LogP contribution is -2.41. The summed E-state index contributed by atoms with van der Waals surface area (Å²) in [7, 11) is 0. The van der Waals surface area contributed by atoms with Crippen molar-refractivity contribution in [1.29, 1.82) is 0 Å². The lowest BCUT2D eigenvalue weighted by atomic mass is 9.80. The summed E-state index contributed by atoms with van der Waals surface area (Å²) in [6.45, 7) is 3.01. The predicted molar refractivity (Wildman–Crippen MR) is 60.8 cm³/mol. The number of ether oxygens (including phenoxy) is 1. The Hall–Kier alpha value is -0.0800. The van der Waals surface area contributed by atoms with Crippen LogP contribution >= 0.6 is 0 Å². The Morgan fingerprint density at radius 3 is 2.80 bits per heavy atom. The second-order valence-corrected chi connectivity index (χ2v) is 5.35. The van der Waals surface area contributed by atoms with Crippen molar-refractivity contribution in [3.8, 4) is 0 Å². The largest absolute Gasteiger partial charge is 0.393 e. The molecule has 2 aliphatic rings. The van der Waals surface area contributed by atoms with Crippen LogP contribution in [0.2, 0.25) is 0 Å². The van der Waals surface area contributed by atoms with Gasteiger partial charge >= 0.3 is 0 Å². The molecule has 2 nitrogen and oxygen atoms in total. The van der Waals surface area contributed by atoms with E-state index in [2.05, 4.69) is 6.92 Å². The van der Waals surface area contributed by atoms with Crippen LogP contribution in [0, 0.1) is 5.92 Å². The van der Waals surface area contributed by atoms with Crippen molar-refractivity contribution in [2.45, 2.75) is 70.0 Å². The first-order chi connectivity index (χ1) is 7.26. The molecular formula is C13H24O2. The third-order valence-electron chi connectivity index (χ3n) is 4.17. The van der Waals surface area contributed by atoms with E-state index >= 15 is 0 Å². The Morgan fingerprint density at radius 1 is 1.40 bits per heavy atom. The summed E-state index contributed by atoms with van der Waals surface area (Å²) in [5, 5.41) is 10.1. The second kappa shape index (κ2) is 4.84. The quantitative estimate of drug-likeness (QED) is 0.779. The molecule has 2 heteroatoms. The molecule has 1 saturated heterocycles. The van der Waals surface area contributed by atoms with Gasteiger partial charge in [0.05, 0.1) is 11.7 Å². The highest BCUT2D eigenvalue weighted by Crippen LogP contribution is 2.43. The molecule has 2 rings (SSSR count). The van der Waals surface area contributed by atoms with E-state index in [1.807, 2.05) is 0 Å². The van der Waals surface area contributed by atoms with E-state index in [1.54, 1.807) is 0 Å². The SMILES string of the molecule is CCCC(O)C1CCOC2(CCCC2)C1. The molecule has 88 valence electrons. The maximum atomic E-state index is 10.1. The van der Waals surface area contributed by atoms with Gasteiger partial charge in [-0.3, -0.25) is 0 Å². The van der Waals surface area contributed by atoms with E-state index in [4.69, 9.17) is 4.74 Å². The van der Waals surface area contributed by atoms with Crippen molar-refractivity contribution in [1.82, 2.24) is 0 Å². The van der Waals surface area contributed by atoms with Gasteiger partial charge in [-0.15, -0.1) is 0 Å². The van der Waals surface area contributed by atoms with Crippen LogP contribution < -0.4 is 0 Å². The third-order valence-corrected chi connectivity index (χ3v) is 4.17. The van der Waals surface area contributed by atoms with Gasteiger partial charge in [0.1, 0.15) is 0 Å². The van der Waals surface area contributed by atoms with Gasteiger partial charge in [0, 0.05) is 6.61 Å². The monoisotopic (exact) mass is 212 g/mol. The molecule has 1 N–H and O–H groups in total. The summed E-state index contributed by atoms with van der Waals surface area (Å²) in [5.41, 5.74) is 0.164. The Morgan fingerprint density at radius 2 is 2.13 bits per heavy atom. The molecule has 0 aromatic rings. The highest BCUT2D eigenvalue weighted by molar-refractivity contribution is 4.92. The van der Waals surface area contributed by atoms with Gasteiger partial charge in [-0.1, -0.05) is 26.2 Å². The minimum atomic E-state index is -0.0867. The standard InChI is InChI=1S/C13H24O2/c1-2-5-12(14)11-6-9-15-13(10-11)7-3-4-8-13/h11-12,14H,2-10H2,1H3. The van der Waals surface area contributed by atoms with Gasteiger partial charge in [-0.05, 0) is 38.0 Å². The normalized spacial score (nSPS) is 32.0. The molecule has 0 radical (unpaired) electrons. The fourth-order valence-corrected chi connectivity index (χ4v) is 3.29. The van der Waals surface area contributed by atoms with Crippen molar-refractivity contribution < 1.29 is 9.84 Å². The number of rotatable bonds is 3. The van der Waals surface area contributed by atoms with E-state index in [-0.39, 0.29) is 11.7 Å². The molecule has 1 aliphatic heterocycles. The van der Waals surface area contributed by atoms with Gasteiger partial charge in [-0.2, -0.15) is 0 Å². The molecule has 2 unspecified atom stereocenters. The minimum absolute atomic E-state index is 0.0867. The van der Waals surface area contributed by atoms with Crippen molar-refractivity contribution in [3.63, 3.8) is 0 Å². The van der Waals surface area contributed by atoms with Gasteiger partial charge in [0.15, 0.2) is 0 Å². The van der Waals surface area contributed by atoms with Gasteiger partial charge in [0.2, 0.25) is 0 Å². The predicted octanol–water partition coefficient (Wildman–Crippen LogP) is 2.89. The molecule has 2 fully saturated rings. The highest BCUT2D eigenvalue weighted by atomic mass is 16.5. The van der Waals surface area contributed by atoms with Crippen LogP contribution in [-0.4, -0.2) is 23.4 Å². The first kappa shape index (κ1) is 11.4. The van der Waals surface area contributed by atoms with Crippen molar-refractivity contribution in [2.75, 3.05) is 6.61 Å².